The molecule has 0 fully saturated rings. The summed E-state index contributed by atoms with van der Waals surface area (Å²) < 4.78 is 5.87. The zero-order valence-electron chi connectivity index (χ0n) is 36.6. The maximum atomic E-state index is 13.1. The molecule has 0 saturated heterocycles. The van der Waals surface area contributed by atoms with Crippen LogP contribution in [-0.4, -0.2) is 46.9 Å². The number of carbonyl (C=O) groups excluding carboxylic acids is 2. The lowest BCUT2D eigenvalue weighted by molar-refractivity contribution is -0.151. The van der Waals surface area contributed by atoms with Crippen LogP contribution in [0.25, 0.3) is 0 Å². The van der Waals surface area contributed by atoms with E-state index in [1.807, 2.05) is 0 Å². The van der Waals surface area contributed by atoms with E-state index in [0.717, 1.165) is 77.0 Å². The monoisotopic (exact) mass is 774 g/mol. The van der Waals surface area contributed by atoms with Crippen LogP contribution in [0.2, 0.25) is 0 Å². The number of nitrogens with one attached hydrogen (secondary N) is 1. The molecule has 3 unspecified atom stereocenters. The van der Waals surface area contributed by atoms with Crippen LogP contribution in [0.3, 0.4) is 0 Å². The van der Waals surface area contributed by atoms with Gasteiger partial charge in [0.05, 0.1) is 25.2 Å². The van der Waals surface area contributed by atoms with E-state index in [0.29, 0.717) is 19.3 Å². The SMILES string of the molecule is CC/C=C/C/C=C/C/C=C/CCCCC(CC(=O)NC(CO)C(O)CCCCCCCCCCCCCCCCC)OC(=O)CCCCCCCCCCC. The smallest absolute Gasteiger partial charge is 0.306 e. The summed E-state index contributed by atoms with van der Waals surface area (Å²) in [4.78, 5) is 25.9. The first-order chi connectivity index (χ1) is 27.0. The molecule has 0 aromatic heterocycles. The molecule has 1 amide bonds. The molecule has 0 aromatic rings. The van der Waals surface area contributed by atoms with Crippen LogP contribution in [0.1, 0.15) is 239 Å². The van der Waals surface area contributed by atoms with E-state index < -0.39 is 18.2 Å². The number of esters is 1. The van der Waals surface area contributed by atoms with Gasteiger partial charge in [0.25, 0.3) is 0 Å². The van der Waals surface area contributed by atoms with E-state index in [4.69, 9.17) is 4.74 Å². The van der Waals surface area contributed by atoms with Crippen LogP contribution in [0.5, 0.6) is 0 Å². The van der Waals surface area contributed by atoms with Gasteiger partial charge in [0.15, 0.2) is 0 Å². The standard InChI is InChI=1S/C49H91NO5/c1-4-7-10-13-16-19-21-23-24-25-27-30-32-35-38-41-47(52)46(44-51)50-48(53)43-45(40-37-34-31-29-26-22-20-17-14-11-8-5-2)55-49(54)42-39-36-33-28-18-15-12-9-6-3/h8,11,17,20,26,29,45-47,51-52H,4-7,9-10,12-16,18-19,21-25,27-28,30-44H2,1-3H3,(H,50,53)/b11-8+,20-17+,29-26+. The van der Waals surface area contributed by atoms with Crippen LogP contribution in [0.15, 0.2) is 36.5 Å². The molecule has 0 spiro atoms. The first-order valence-electron chi connectivity index (χ1n) is 23.7. The highest BCUT2D eigenvalue weighted by Crippen LogP contribution is 2.17. The second-order valence-electron chi connectivity index (χ2n) is 16.1. The van der Waals surface area contributed by atoms with Gasteiger partial charge in [0, 0.05) is 6.42 Å². The summed E-state index contributed by atoms with van der Waals surface area (Å²) in [7, 11) is 0. The summed E-state index contributed by atoms with van der Waals surface area (Å²) in [6.45, 7) is 6.34. The van der Waals surface area contributed by atoms with Crippen molar-refractivity contribution in [2.24, 2.45) is 0 Å². The highest BCUT2D eigenvalue weighted by Gasteiger charge is 2.24. The van der Waals surface area contributed by atoms with Crippen molar-refractivity contribution >= 4 is 11.9 Å². The molecule has 3 N–H and O–H groups in total. The van der Waals surface area contributed by atoms with Crippen LogP contribution in [0.4, 0.5) is 0 Å². The minimum Gasteiger partial charge on any atom is -0.462 e. The number of hydrogen-bond donors (Lipinski definition) is 3. The van der Waals surface area contributed by atoms with Crippen molar-refractivity contribution in [1.82, 2.24) is 5.32 Å². The number of amides is 1. The fraction of sp³-hybridized carbons (Fsp3) is 0.837. The number of aliphatic hydroxyl groups excluding tert-OH is 2. The second-order valence-corrected chi connectivity index (χ2v) is 16.1. The highest BCUT2D eigenvalue weighted by molar-refractivity contribution is 5.77. The third kappa shape index (κ3) is 38.7. The van der Waals surface area contributed by atoms with Gasteiger partial charge in [-0.3, -0.25) is 9.59 Å². The van der Waals surface area contributed by atoms with Crippen molar-refractivity contribution in [1.29, 1.82) is 0 Å². The first kappa shape index (κ1) is 53.1. The summed E-state index contributed by atoms with van der Waals surface area (Å²) in [5, 5.41) is 23.7. The van der Waals surface area contributed by atoms with Crippen LogP contribution in [-0.2, 0) is 14.3 Å². The topological polar surface area (TPSA) is 95.9 Å². The molecule has 6 nitrogen and oxygen atoms in total. The zero-order chi connectivity index (χ0) is 40.3. The molecule has 0 heterocycles. The molecular formula is C49H91NO5. The molecule has 0 aromatic carbocycles. The highest BCUT2D eigenvalue weighted by atomic mass is 16.5. The molecular weight excluding hydrogens is 683 g/mol. The lowest BCUT2D eigenvalue weighted by Gasteiger charge is -2.24. The van der Waals surface area contributed by atoms with Crippen molar-refractivity contribution in [2.45, 2.75) is 257 Å². The Morgan fingerprint density at radius 2 is 0.982 bits per heavy atom. The first-order valence-corrected chi connectivity index (χ1v) is 23.7. The summed E-state index contributed by atoms with van der Waals surface area (Å²) >= 11 is 0. The third-order valence-corrected chi connectivity index (χ3v) is 10.7. The Hall–Kier alpha value is -1.92. The summed E-state index contributed by atoms with van der Waals surface area (Å²) in [6.07, 6.45) is 49.2. The normalized spacial score (nSPS) is 13.6. The number of aliphatic hydroxyl groups is 2. The number of ether oxygens (including phenoxy) is 1. The minimum atomic E-state index is -0.794. The fourth-order valence-electron chi connectivity index (χ4n) is 7.15. The van der Waals surface area contributed by atoms with Crippen molar-refractivity contribution in [3.8, 4) is 0 Å². The Morgan fingerprint density at radius 3 is 1.47 bits per heavy atom. The Labute approximate surface area is 341 Å². The van der Waals surface area contributed by atoms with Gasteiger partial charge < -0.3 is 20.3 Å². The van der Waals surface area contributed by atoms with Crippen molar-refractivity contribution in [3.05, 3.63) is 36.5 Å². The third-order valence-electron chi connectivity index (χ3n) is 10.7. The van der Waals surface area contributed by atoms with Gasteiger partial charge >= 0.3 is 5.97 Å². The van der Waals surface area contributed by atoms with E-state index in [1.54, 1.807) is 0 Å². The fourth-order valence-corrected chi connectivity index (χ4v) is 7.15. The number of allylic oxidation sites excluding steroid dienone is 6. The van der Waals surface area contributed by atoms with Crippen LogP contribution >= 0.6 is 0 Å². The Morgan fingerprint density at radius 1 is 0.545 bits per heavy atom. The maximum Gasteiger partial charge on any atom is 0.306 e. The Bertz CT molecular complexity index is 915. The summed E-state index contributed by atoms with van der Waals surface area (Å²) in [5.41, 5.74) is 0. The number of unbranched alkanes of at least 4 members (excludes halogenated alkanes) is 24. The molecule has 0 aliphatic rings. The average Bonchev–Trinajstić information content (AvgIpc) is 3.18. The zero-order valence-corrected chi connectivity index (χ0v) is 36.6. The van der Waals surface area contributed by atoms with E-state index in [2.05, 4.69) is 62.5 Å². The van der Waals surface area contributed by atoms with E-state index in [9.17, 15) is 19.8 Å². The lowest BCUT2D eigenvalue weighted by Crippen LogP contribution is -2.46. The van der Waals surface area contributed by atoms with Crippen molar-refractivity contribution in [2.75, 3.05) is 6.61 Å². The maximum absolute atomic E-state index is 13.1. The number of hydrogen-bond acceptors (Lipinski definition) is 5. The molecule has 0 aliphatic heterocycles. The predicted octanol–water partition coefficient (Wildman–Crippen LogP) is 13.7. The second kappa shape index (κ2) is 43.2. The predicted molar refractivity (Wildman–Crippen MR) is 236 cm³/mol. The molecule has 322 valence electrons. The number of carbonyl (C=O) groups is 2. The van der Waals surface area contributed by atoms with Crippen LogP contribution in [0, 0.1) is 0 Å². The van der Waals surface area contributed by atoms with Gasteiger partial charge in [-0.05, 0) is 57.8 Å². The average molecular weight is 774 g/mol. The lowest BCUT2D eigenvalue weighted by atomic mass is 10.0. The molecule has 3 atom stereocenters. The van der Waals surface area contributed by atoms with Crippen molar-refractivity contribution in [3.63, 3.8) is 0 Å². The molecule has 0 saturated carbocycles. The molecule has 55 heavy (non-hydrogen) atoms. The minimum absolute atomic E-state index is 0.0544. The number of rotatable bonds is 42. The largest absolute Gasteiger partial charge is 0.462 e. The van der Waals surface area contributed by atoms with Gasteiger partial charge in [-0.2, -0.15) is 0 Å². The van der Waals surface area contributed by atoms with Gasteiger partial charge in [0.1, 0.15) is 6.10 Å². The molecule has 0 bridgehead atoms. The van der Waals surface area contributed by atoms with Gasteiger partial charge in [-0.1, -0.05) is 205 Å². The molecule has 0 aliphatic carbocycles. The Kier molecular flexibility index (Phi) is 41.7. The molecule has 6 heteroatoms. The summed E-state index contributed by atoms with van der Waals surface area (Å²) in [6, 6.07) is -0.709. The van der Waals surface area contributed by atoms with Crippen molar-refractivity contribution < 1.29 is 24.5 Å². The van der Waals surface area contributed by atoms with Crippen LogP contribution < -0.4 is 5.32 Å². The van der Waals surface area contributed by atoms with E-state index in [1.165, 1.54) is 116 Å². The molecule has 0 radical (unpaired) electrons. The van der Waals surface area contributed by atoms with E-state index in [-0.39, 0.29) is 24.9 Å². The van der Waals surface area contributed by atoms with E-state index >= 15 is 0 Å². The Balaban J connectivity index is 4.54. The summed E-state index contributed by atoms with van der Waals surface area (Å²) in [5.74, 6) is -0.510. The molecule has 0 rings (SSSR count). The van der Waals surface area contributed by atoms with Gasteiger partial charge in [-0.15, -0.1) is 0 Å². The quantitative estimate of drug-likeness (QED) is 0.0326. The van der Waals surface area contributed by atoms with Gasteiger partial charge in [-0.25, -0.2) is 0 Å². The van der Waals surface area contributed by atoms with Gasteiger partial charge in [0.2, 0.25) is 5.91 Å².